The lowest BCUT2D eigenvalue weighted by atomic mass is 10.0. The second-order valence-corrected chi connectivity index (χ2v) is 6.62. The number of amides is 1. The van der Waals surface area contributed by atoms with Crippen LogP contribution in [0.3, 0.4) is 0 Å². The van der Waals surface area contributed by atoms with Crippen molar-refractivity contribution < 1.29 is 14.3 Å². The number of nitrogens with zero attached hydrogens (tertiary/aromatic N) is 1. The first-order valence-corrected chi connectivity index (χ1v) is 8.48. The first-order valence-electron chi connectivity index (χ1n) is 8.48. The molecule has 1 aromatic heterocycles. The smallest absolute Gasteiger partial charge is 0.227 e. The summed E-state index contributed by atoms with van der Waals surface area (Å²) in [4.78, 5) is 14.7. The molecule has 3 rings (SSSR count). The molecule has 1 unspecified atom stereocenters. The van der Waals surface area contributed by atoms with Gasteiger partial charge in [-0.25, -0.2) is 0 Å². The molecule has 1 aliphatic heterocycles. The second kappa shape index (κ2) is 6.75. The zero-order valence-corrected chi connectivity index (χ0v) is 14.0. The number of fused-ring (bicyclic) bond motifs is 1. The summed E-state index contributed by atoms with van der Waals surface area (Å²) >= 11 is 0. The predicted molar refractivity (Wildman–Crippen MR) is 90.4 cm³/mol. The van der Waals surface area contributed by atoms with Gasteiger partial charge in [-0.05, 0) is 62.8 Å². The lowest BCUT2D eigenvalue weighted by Crippen LogP contribution is -2.36. The third-order valence-corrected chi connectivity index (χ3v) is 5.00. The van der Waals surface area contributed by atoms with Gasteiger partial charge in [0.2, 0.25) is 5.91 Å². The van der Waals surface area contributed by atoms with Crippen molar-refractivity contribution in [2.75, 3.05) is 13.2 Å². The summed E-state index contributed by atoms with van der Waals surface area (Å²) in [6.07, 6.45) is 5.89. The SMILES string of the molecule is Cc1cc2occ(CC(=O)N3CCCC3CCCO)c2cc1C. The Balaban J connectivity index is 1.76. The maximum absolute atomic E-state index is 12.7. The van der Waals surface area contributed by atoms with Crippen LogP contribution in [0, 0.1) is 13.8 Å². The molecule has 124 valence electrons. The van der Waals surface area contributed by atoms with Gasteiger partial charge >= 0.3 is 0 Å². The number of rotatable bonds is 5. The van der Waals surface area contributed by atoms with Crippen LogP contribution in [-0.2, 0) is 11.2 Å². The fourth-order valence-corrected chi connectivity index (χ4v) is 3.53. The number of aliphatic hydroxyl groups is 1. The summed E-state index contributed by atoms with van der Waals surface area (Å²) in [5, 5.41) is 10.1. The predicted octanol–water partition coefficient (Wildman–Crippen LogP) is 3.36. The fourth-order valence-electron chi connectivity index (χ4n) is 3.53. The molecular weight excluding hydrogens is 290 g/mol. The average Bonchev–Trinajstić information content (AvgIpc) is 3.14. The summed E-state index contributed by atoms with van der Waals surface area (Å²) in [7, 11) is 0. The number of hydrogen-bond donors (Lipinski definition) is 1. The quantitative estimate of drug-likeness (QED) is 0.920. The summed E-state index contributed by atoms with van der Waals surface area (Å²) in [6, 6.07) is 4.44. The van der Waals surface area contributed by atoms with Gasteiger partial charge in [-0.15, -0.1) is 0 Å². The standard InChI is InChI=1S/C19H25NO3/c1-13-9-17-15(12-23-18(17)10-14(13)2)11-19(22)20-7-3-5-16(20)6-4-8-21/h9-10,12,16,21H,3-8,11H2,1-2H3. The summed E-state index contributed by atoms with van der Waals surface area (Å²) < 4.78 is 5.64. The minimum atomic E-state index is 0.173. The van der Waals surface area contributed by atoms with Gasteiger partial charge in [0, 0.05) is 30.1 Å². The van der Waals surface area contributed by atoms with E-state index in [9.17, 15) is 4.79 Å². The van der Waals surface area contributed by atoms with E-state index in [1.54, 1.807) is 6.26 Å². The van der Waals surface area contributed by atoms with Crippen LogP contribution in [0.1, 0.15) is 42.4 Å². The van der Waals surface area contributed by atoms with E-state index in [-0.39, 0.29) is 18.6 Å². The maximum Gasteiger partial charge on any atom is 0.227 e. The van der Waals surface area contributed by atoms with Gasteiger partial charge in [0.1, 0.15) is 5.58 Å². The molecule has 1 aromatic carbocycles. The van der Waals surface area contributed by atoms with E-state index in [0.29, 0.717) is 6.42 Å². The van der Waals surface area contributed by atoms with Crippen molar-refractivity contribution in [1.29, 1.82) is 0 Å². The zero-order valence-electron chi connectivity index (χ0n) is 14.0. The van der Waals surface area contributed by atoms with Gasteiger partial charge in [0.25, 0.3) is 0 Å². The van der Waals surface area contributed by atoms with Gasteiger partial charge in [0.15, 0.2) is 0 Å². The largest absolute Gasteiger partial charge is 0.464 e. The van der Waals surface area contributed by atoms with Crippen LogP contribution in [0.4, 0.5) is 0 Å². The molecule has 4 nitrogen and oxygen atoms in total. The lowest BCUT2D eigenvalue weighted by Gasteiger charge is -2.24. The summed E-state index contributed by atoms with van der Waals surface area (Å²) in [5.74, 6) is 0.173. The van der Waals surface area contributed by atoms with Crippen molar-refractivity contribution in [2.24, 2.45) is 0 Å². The average molecular weight is 315 g/mol. The monoisotopic (exact) mass is 315 g/mol. The highest BCUT2D eigenvalue weighted by Crippen LogP contribution is 2.27. The molecule has 2 aromatic rings. The van der Waals surface area contributed by atoms with Gasteiger partial charge in [0.05, 0.1) is 12.7 Å². The highest BCUT2D eigenvalue weighted by Gasteiger charge is 2.28. The van der Waals surface area contributed by atoms with E-state index in [1.165, 1.54) is 11.1 Å². The molecule has 4 heteroatoms. The fraction of sp³-hybridized carbons (Fsp3) is 0.526. The normalized spacial score (nSPS) is 18.0. The Kier molecular flexibility index (Phi) is 4.71. The molecule has 0 aliphatic carbocycles. The van der Waals surface area contributed by atoms with Crippen LogP contribution in [-0.4, -0.2) is 35.1 Å². The van der Waals surface area contributed by atoms with Crippen LogP contribution in [0.15, 0.2) is 22.8 Å². The Morgan fingerprint density at radius 3 is 2.91 bits per heavy atom. The molecule has 1 aliphatic rings. The summed E-state index contributed by atoms with van der Waals surface area (Å²) in [6.45, 7) is 5.18. The summed E-state index contributed by atoms with van der Waals surface area (Å²) in [5.41, 5.74) is 4.25. The Morgan fingerprint density at radius 2 is 2.13 bits per heavy atom. The molecule has 0 spiro atoms. The molecule has 1 amide bonds. The third kappa shape index (κ3) is 3.27. The van der Waals surface area contributed by atoms with Crippen LogP contribution < -0.4 is 0 Å². The molecular formula is C19H25NO3. The number of aryl methyl sites for hydroxylation is 2. The molecule has 23 heavy (non-hydrogen) atoms. The highest BCUT2D eigenvalue weighted by atomic mass is 16.3. The first kappa shape index (κ1) is 16.1. The molecule has 1 fully saturated rings. The van der Waals surface area contributed by atoms with Crippen molar-refractivity contribution in [3.8, 4) is 0 Å². The number of carbonyl (C=O) groups excluding carboxylic acids is 1. The van der Waals surface area contributed by atoms with Gasteiger partial charge in [-0.1, -0.05) is 0 Å². The van der Waals surface area contributed by atoms with E-state index in [1.807, 2.05) is 11.0 Å². The maximum atomic E-state index is 12.7. The van der Waals surface area contributed by atoms with E-state index >= 15 is 0 Å². The Labute approximate surface area is 137 Å². The van der Waals surface area contributed by atoms with E-state index in [2.05, 4.69) is 19.9 Å². The van der Waals surface area contributed by atoms with E-state index < -0.39 is 0 Å². The molecule has 1 atom stereocenters. The molecule has 0 radical (unpaired) electrons. The van der Waals surface area contributed by atoms with Gasteiger partial charge in [-0.2, -0.15) is 0 Å². The Bertz CT molecular complexity index is 704. The van der Waals surface area contributed by atoms with Crippen LogP contribution in [0.5, 0.6) is 0 Å². The van der Waals surface area contributed by atoms with Crippen molar-refractivity contribution in [2.45, 2.75) is 52.0 Å². The molecule has 2 heterocycles. The van der Waals surface area contributed by atoms with Crippen molar-refractivity contribution in [1.82, 2.24) is 4.90 Å². The first-order chi connectivity index (χ1) is 11.1. The van der Waals surface area contributed by atoms with E-state index in [4.69, 9.17) is 9.52 Å². The lowest BCUT2D eigenvalue weighted by molar-refractivity contribution is -0.131. The van der Waals surface area contributed by atoms with Crippen molar-refractivity contribution >= 4 is 16.9 Å². The zero-order chi connectivity index (χ0) is 16.4. The highest BCUT2D eigenvalue weighted by molar-refractivity contribution is 5.88. The van der Waals surface area contributed by atoms with E-state index in [0.717, 1.165) is 48.8 Å². The Hall–Kier alpha value is -1.81. The molecule has 0 bridgehead atoms. The number of aliphatic hydroxyl groups excluding tert-OH is 1. The van der Waals surface area contributed by atoms with Crippen LogP contribution in [0.2, 0.25) is 0 Å². The molecule has 0 saturated carbocycles. The minimum Gasteiger partial charge on any atom is -0.464 e. The number of likely N-dealkylation sites (tertiary alicyclic amines) is 1. The number of furan rings is 1. The third-order valence-electron chi connectivity index (χ3n) is 5.00. The van der Waals surface area contributed by atoms with Crippen LogP contribution in [0.25, 0.3) is 11.0 Å². The second-order valence-electron chi connectivity index (χ2n) is 6.62. The van der Waals surface area contributed by atoms with Gasteiger partial charge in [-0.3, -0.25) is 4.79 Å². The number of benzene rings is 1. The topological polar surface area (TPSA) is 53.7 Å². The van der Waals surface area contributed by atoms with Crippen LogP contribution >= 0.6 is 0 Å². The number of hydrogen-bond acceptors (Lipinski definition) is 3. The van der Waals surface area contributed by atoms with Crippen molar-refractivity contribution in [3.63, 3.8) is 0 Å². The minimum absolute atomic E-state index is 0.173. The van der Waals surface area contributed by atoms with Crippen molar-refractivity contribution in [3.05, 3.63) is 35.1 Å². The number of carbonyl (C=O) groups is 1. The van der Waals surface area contributed by atoms with Gasteiger partial charge < -0.3 is 14.4 Å². The Morgan fingerprint density at radius 1 is 1.35 bits per heavy atom. The molecule has 1 saturated heterocycles. The molecule has 1 N–H and O–H groups in total.